The Kier molecular flexibility index (Phi) is 7.99. The number of anilines is 1. The third-order valence-corrected chi connectivity index (χ3v) is 4.46. The molecule has 1 amide bonds. The molecule has 0 aromatic heterocycles. The van der Waals surface area contributed by atoms with Crippen LogP contribution in [0.25, 0.3) is 0 Å². The van der Waals surface area contributed by atoms with Crippen LogP contribution in [0.3, 0.4) is 0 Å². The second kappa shape index (κ2) is 9.99. The Morgan fingerprint density at radius 2 is 2.00 bits per heavy atom. The lowest BCUT2D eigenvalue weighted by molar-refractivity contribution is -0.117. The van der Waals surface area contributed by atoms with E-state index < -0.39 is 0 Å². The van der Waals surface area contributed by atoms with Crippen molar-refractivity contribution in [1.29, 1.82) is 0 Å². The fourth-order valence-corrected chi connectivity index (χ4v) is 3.14. The van der Waals surface area contributed by atoms with Crippen molar-refractivity contribution in [2.45, 2.75) is 50.9 Å². The van der Waals surface area contributed by atoms with E-state index in [0.717, 1.165) is 24.4 Å². The average Bonchev–Trinajstić information content (AvgIpc) is 3.08. The number of morpholine rings is 1. The normalized spacial score (nSPS) is 21.2. The maximum atomic E-state index is 12.0. The van der Waals surface area contributed by atoms with E-state index in [0.29, 0.717) is 25.7 Å². The minimum Gasteiger partial charge on any atom is -0.378 e. The van der Waals surface area contributed by atoms with E-state index in [9.17, 15) is 4.79 Å². The summed E-state index contributed by atoms with van der Waals surface area (Å²) in [5.74, 6) is 0.0166. The SMILES string of the molecule is Cl.O=C(CC1COCCN1)Nc1ccc(COC2CCCC2)cc1. The highest BCUT2D eigenvalue weighted by Crippen LogP contribution is 2.22. The highest BCUT2D eigenvalue weighted by atomic mass is 35.5. The van der Waals surface area contributed by atoms with Gasteiger partial charge in [0.25, 0.3) is 0 Å². The molecule has 1 atom stereocenters. The molecule has 1 aromatic rings. The maximum Gasteiger partial charge on any atom is 0.226 e. The van der Waals surface area contributed by atoms with Crippen molar-refractivity contribution in [3.63, 3.8) is 0 Å². The molecule has 0 spiro atoms. The minimum absolute atomic E-state index is 0. The number of hydrogen-bond donors (Lipinski definition) is 2. The first-order valence-electron chi connectivity index (χ1n) is 8.61. The fraction of sp³-hybridized carbons (Fsp3) is 0.611. The van der Waals surface area contributed by atoms with Crippen molar-refractivity contribution in [2.75, 3.05) is 25.1 Å². The number of amides is 1. The summed E-state index contributed by atoms with van der Waals surface area (Å²) in [6, 6.07) is 8.04. The number of benzene rings is 1. The van der Waals surface area contributed by atoms with Crippen LogP contribution in [0, 0.1) is 0 Å². The van der Waals surface area contributed by atoms with E-state index in [2.05, 4.69) is 10.6 Å². The van der Waals surface area contributed by atoms with E-state index in [1.54, 1.807) is 0 Å². The second-order valence-corrected chi connectivity index (χ2v) is 6.39. The first kappa shape index (κ1) is 19.2. The van der Waals surface area contributed by atoms with Gasteiger partial charge in [0.15, 0.2) is 0 Å². The molecule has 0 radical (unpaired) electrons. The zero-order valence-electron chi connectivity index (χ0n) is 14.0. The summed E-state index contributed by atoms with van der Waals surface area (Å²) in [7, 11) is 0. The Hall–Kier alpha value is -1.14. The number of halogens is 1. The van der Waals surface area contributed by atoms with E-state index in [1.807, 2.05) is 24.3 Å². The predicted molar refractivity (Wildman–Crippen MR) is 96.6 cm³/mol. The molecule has 24 heavy (non-hydrogen) atoms. The number of nitrogens with one attached hydrogen (secondary N) is 2. The quantitative estimate of drug-likeness (QED) is 0.824. The Morgan fingerprint density at radius 3 is 2.67 bits per heavy atom. The largest absolute Gasteiger partial charge is 0.378 e. The van der Waals surface area contributed by atoms with E-state index >= 15 is 0 Å². The zero-order valence-corrected chi connectivity index (χ0v) is 14.8. The van der Waals surface area contributed by atoms with Crippen LogP contribution in [0.2, 0.25) is 0 Å². The number of ether oxygens (including phenoxy) is 2. The summed E-state index contributed by atoms with van der Waals surface area (Å²) in [6.45, 7) is 2.79. The third-order valence-electron chi connectivity index (χ3n) is 4.46. The first-order chi connectivity index (χ1) is 11.3. The monoisotopic (exact) mass is 354 g/mol. The van der Waals surface area contributed by atoms with Crippen molar-refractivity contribution in [3.05, 3.63) is 29.8 Å². The molecule has 134 valence electrons. The molecule has 1 heterocycles. The number of rotatable bonds is 6. The summed E-state index contributed by atoms with van der Waals surface area (Å²) in [5.41, 5.74) is 1.98. The van der Waals surface area contributed by atoms with Crippen molar-refractivity contribution in [3.8, 4) is 0 Å². The highest BCUT2D eigenvalue weighted by Gasteiger charge is 2.17. The summed E-state index contributed by atoms with van der Waals surface area (Å²) in [4.78, 5) is 12.0. The molecule has 1 saturated heterocycles. The molecule has 1 aliphatic carbocycles. The Labute approximate surface area is 149 Å². The third kappa shape index (κ3) is 6.06. The highest BCUT2D eigenvalue weighted by molar-refractivity contribution is 5.91. The molecule has 6 heteroatoms. The van der Waals surface area contributed by atoms with Gasteiger partial charge in [-0.3, -0.25) is 4.79 Å². The van der Waals surface area contributed by atoms with Crippen LogP contribution < -0.4 is 10.6 Å². The molecule has 1 aromatic carbocycles. The summed E-state index contributed by atoms with van der Waals surface area (Å²) >= 11 is 0. The Bertz CT molecular complexity index is 497. The standard InChI is InChI=1S/C18H26N2O3.ClH/c21-18(11-16-13-22-10-9-19-16)20-15-7-5-14(6-8-15)12-23-17-3-1-2-4-17;/h5-8,16-17,19H,1-4,9-13H2,(H,20,21);1H. The molecule has 1 saturated carbocycles. The molecule has 2 aliphatic rings. The molecule has 0 bridgehead atoms. The predicted octanol–water partition coefficient (Wildman–Crippen LogP) is 2.88. The summed E-state index contributed by atoms with van der Waals surface area (Å²) in [5, 5.41) is 6.22. The van der Waals surface area contributed by atoms with Crippen LogP contribution in [0.4, 0.5) is 5.69 Å². The van der Waals surface area contributed by atoms with Gasteiger partial charge in [-0.2, -0.15) is 0 Å². The maximum absolute atomic E-state index is 12.0. The van der Waals surface area contributed by atoms with Gasteiger partial charge in [-0.25, -0.2) is 0 Å². The summed E-state index contributed by atoms with van der Waals surface area (Å²) < 4.78 is 11.3. The van der Waals surface area contributed by atoms with Gasteiger partial charge in [0.05, 0.1) is 25.9 Å². The van der Waals surface area contributed by atoms with Crippen LogP contribution in [0.15, 0.2) is 24.3 Å². The molecule has 1 aliphatic heterocycles. The average molecular weight is 355 g/mol. The second-order valence-electron chi connectivity index (χ2n) is 6.39. The van der Waals surface area contributed by atoms with Crippen LogP contribution in [0.5, 0.6) is 0 Å². The zero-order chi connectivity index (χ0) is 15.9. The van der Waals surface area contributed by atoms with Crippen molar-refractivity contribution < 1.29 is 14.3 Å². The number of hydrogen-bond acceptors (Lipinski definition) is 4. The van der Waals surface area contributed by atoms with Crippen molar-refractivity contribution in [1.82, 2.24) is 5.32 Å². The van der Waals surface area contributed by atoms with E-state index in [-0.39, 0.29) is 24.4 Å². The van der Waals surface area contributed by atoms with Gasteiger partial charge in [-0.05, 0) is 30.5 Å². The lowest BCUT2D eigenvalue weighted by Gasteiger charge is -2.23. The molecule has 3 rings (SSSR count). The lowest BCUT2D eigenvalue weighted by atomic mass is 10.1. The van der Waals surface area contributed by atoms with Gasteiger partial charge in [-0.1, -0.05) is 25.0 Å². The van der Waals surface area contributed by atoms with Gasteiger partial charge in [0.2, 0.25) is 5.91 Å². The topological polar surface area (TPSA) is 59.6 Å². The Morgan fingerprint density at radius 1 is 1.25 bits per heavy atom. The molecular formula is C18H27ClN2O3. The van der Waals surface area contributed by atoms with E-state index in [1.165, 1.54) is 25.7 Å². The van der Waals surface area contributed by atoms with Crippen LogP contribution in [0.1, 0.15) is 37.7 Å². The molecule has 1 unspecified atom stereocenters. The van der Waals surface area contributed by atoms with Crippen LogP contribution in [-0.2, 0) is 20.9 Å². The van der Waals surface area contributed by atoms with Gasteiger partial charge < -0.3 is 20.1 Å². The first-order valence-corrected chi connectivity index (χ1v) is 8.61. The molecular weight excluding hydrogens is 328 g/mol. The molecule has 5 nitrogen and oxygen atoms in total. The Balaban J connectivity index is 0.00000208. The minimum atomic E-state index is 0. The van der Waals surface area contributed by atoms with Gasteiger partial charge in [0.1, 0.15) is 0 Å². The van der Waals surface area contributed by atoms with E-state index in [4.69, 9.17) is 9.47 Å². The van der Waals surface area contributed by atoms with Crippen LogP contribution >= 0.6 is 12.4 Å². The van der Waals surface area contributed by atoms with Crippen molar-refractivity contribution in [2.24, 2.45) is 0 Å². The lowest BCUT2D eigenvalue weighted by Crippen LogP contribution is -2.43. The van der Waals surface area contributed by atoms with Gasteiger partial charge in [0, 0.05) is 24.7 Å². The number of carbonyl (C=O) groups is 1. The molecule has 2 fully saturated rings. The fourth-order valence-electron chi connectivity index (χ4n) is 3.14. The number of carbonyl (C=O) groups excluding carboxylic acids is 1. The molecule has 2 N–H and O–H groups in total. The van der Waals surface area contributed by atoms with Gasteiger partial charge in [-0.15, -0.1) is 12.4 Å². The van der Waals surface area contributed by atoms with Crippen LogP contribution in [-0.4, -0.2) is 37.8 Å². The van der Waals surface area contributed by atoms with Gasteiger partial charge >= 0.3 is 0 Å². The van der Waals surface area contributed by atoms with Crippen molar-refractivity contribution >= 4 is 24.0 Å². The summed E-state index contributed by atoms with van der Waals surface area (Å²) in [6.07, 6.45) is 5.82. The smallest absolute Gasteiger partial charge is 0.226 e.